The summed E-state index contributed by atoms with van der Waals surface area (Å²) in [6, 6.07) is -0.356. The van der Waals surface area contributed by atoms with Gasteiger partial charge in [0.15, 0.2) is 0 Å². The highest BCUT2D eigenvalue weighted by molar-refractivity contribution is 7.80. The van der Waals surface area contributed by atoms with Crippen LogP contribution >= 0.6 is 12.6 Å². The van der Waals surface area contributed by atoms with Gasteiger partial charge in [-0.25, -0.2) is 4.79 Å². The second-order valence-electron chi connectivity index (χ2n) is 5.22. The number of carbonyl (C=O) groups excluding carboxylic acids is 1. The summed E-state index contributed by atoms with van der Waals surface area (Å²) in [5.41, 5.74) is 0. The highest BCUT2D eigenvalue weighted by Gasteiger charge is 2.42. The highest BCUT2D eigenvalue weighted by atomic mass is 32.1. The maximum absolute atomic E-state index is 12.2. The monoisotopic (exact) mass is 272 g/mol. The number of fused-ring (bicyclic) bond motifs is 1. The number of nitrogens with zero attached hydrogens (tertiary/aromatic N) is 2. The molecule has 2 aliphatic heterocycles. The van der Waals surface area contributed by atoms with E-state index in [2.05, 4.69) is 17.5 Å². The maximum atomic E-state index is 12.2. The van der Waals surface area contributed by atoms with E-state index in [4.69, 9.17) is 0 Å². The molecular formula is C12H20N2O3S. The van der Waals surface area contributed by atoms with Crippen LogP contribution in [-0.2, 0) is 9.59 Å². The van der Waals surface area contributed by atoms with Crippen molar-refractivity contribution in [3.8, 4) is 0 Å². The largest absolute Gasteiger partial charge is 0.480 e. The van der Waals surface area contributed by atoms with Crippen molar-refractivity contribution in [3.63, 3.8) is 0 Å². The molecule has 0 spiro atoms. The van der Waals surface area contributed by atoms with Crippen molar-refractivity contribution < 1.29 is 14.7 Å². The Balaban J connectivity index is 2.14. The third-order valence-electron chi connectivity index (χ3n) is 3.95. The predicted molar refractivity (Wildman–Crippen MR) is 70.7 cm³/mol. The first-order chi connectivity index (χ1) is 8.54. The average Bonchev–Trinajstić information content (AvgIpc) is 2.82. The van der Waals surface area contributed by atoms with Crippen LogP contribution < -0.4 is 0 Å². The van der Waals surface area contributed by atoms with Crippen LogP contribution in [0.1, 0.15) is 19.8 Å². The van der Waals surface area contributed by atoms with Gasteiger partial charge < -0.3 is 10.0 Å². The summed E-state index contributed by atoms with van der Waals surface area (Å²) in [4.78, 5) is 27.3. The molecule has 1 N–H and O–H groups in total. The van der Waals surface area contributed by atoms with Crippen LogP contribution in [-0.4, -0.2) is 64.3 Å². The first-order valence-electron chi connectivity index (χ1n) is 6.42. The third-order valence-corrected chi connectivity index (χ3v) is 4.50. The third kappa shape index (κ3) is 2.49. The molecule has 6 heteroatoms. The number of rotatable bonds is 3. The topological polar surface area (TPSA) is 60.9 Å². The fourth-order valence-electron chi connectivity index (χ4n) is 2.83. The second kappa shape index (κ2) is 5.48. The zero-order valence-electron chi connectivity index (χ0n) is 10.6. The summed E-state index contributed by atoms with van der Waals surface area (Å²) in [5, 5.41) is 9.29. The number of thiol groups is 1. The standard InChI is InChI=1S/C12H20N2O3S/c1-8(7-18)11(15)14-5-9-3-2-4-13(9)6-10(14)12(16)17/h8-10,18H,2-7H2,1H3,(H,16,17). The van der Waals surface area contributed by atoms with Gasteiger partial charge in [0.25, 0.3) is 0 Å². The number of aliphatic carboxylic acids is 1. The van der Waals surface area contributed by atoms with Crippen LogP contribution in [0.15, 0.2) is 0 Å². The van der Waals surface area contributed by atoms with E-state index in [1.807, 2.05) is 0 Å². The van der Waals surface area contributed by atoms with Crippen LogP contribution in [0.3, 0.4) is 0 Å². The predicted octanol–water partition coefficient (Wildman–Crippen LogP) is 0.312. The first-order valence-corrected chi connectivity index (χ1v) is 7.06. The molecule has 18 heavy (non-hydrogen) atoms. The summed E-state index contributed by atoms with van der Waals surface area (Å²) in [5.74, 6) is -0.747. The molecule has 2 rings (SSSR count). The van der Waals surface area contributed by atoms with Gasteiger partial charge in [-0.05, 0) is 19.4 Å². The van der Waals surface area contributed by atoms with Crippen molar-refractivity contribution in [2.24, 2.45) is 5.92 Å². The maximum Gasteiger partial charge on any atom is 0.327 e. The summed E-state index contributed by atoms with van der Waals surface area (Å²) < 4.78 is 0. The number of piperazine rings is 1. The molecule has 0 aliphatic carbocycles. The Bertz CT molecular complexity index is 350. The van der Waals surface area contributed by atoms with Gasteiger partial charge in [0.1, 0.15) is 6.04 Å². The van der Waals surface area contributed by atoms with Crippen molar-refractivity contribution in [3.05, 3.63) is 0 Å². The van der Waals surface area contributed by atoms with E-state index in [9.17, 15) is 14.7 Å². The molecule has 1 amide bonds. The van der Waals surface area contributed by atoms with Gasteiger partial charge >= 0.3 is 5.97 Å². The van der Waals surface area contributed by atoms with Crippen molar-refractivity contribution in [1.82, 2.24) is 9.80 Å². The van der Waals surface area contributed by atoms with Gasteiger partial charge in [0, 0.05) is 30.8 Å². The Morgan fingerprint density at radius 2 is 2.17 bits per heavy atom. The summed E-state index contributed by atoms with van der Waals surface area (Å²) in [6.07, 6.45) is 2.16. The van der Waals surface area contributed by atoms with E-state index in [1.54, 1.807) is 11.8 Å². The summed E-state index contributed by atoms with van der Waals surface area (Å²) in [7, 11) is 0. The van der Waals surface area contributed by atoms with Crippen molar-refractivity contribution in [2.75, 3.05) is 25.4 Å². The quantitative estimate of drug-likeness (QED) is 0.726. The summed E-state index contributed by atoms with van der Waals surface area (Å²) in [6.45, 7) is 3.77. The number of carboxylic acids is 1. The molecule has 2 heterocycles. The van der Waals surface area contributed by atoms with Crippen LogP contribution in [0.2, 0.25) is 0 Å². The minimum atomic E-state index is -0.903. The molecule has 0 bridgehead atoms. The van der Waals surface area contributed by atoms with Gasteiger partial charge in [-0.3, -0.25) is 9.69 Å². The molecule has 3 unspecified atom stereocenters. The van der Waals surface area contributed by atoms with E-state index < -0.39 is 12.0 Å². The highest BCUT2D eigenvalue weighted by Crippen LogP contribution is 2.26. The Morgan fingerprint density at radius 3 is 2.78 bits per heavy atom. The van der Waals surface area contributed by atoms with E-state index in [1.165, 1.54) is 0 Å². The first kappa shape index (κ1) is 13.7. The Kier molecular flexibility index (Phi) is 4.17. The van der Waals surface area contributed by atoms with Gasteiger partial charge in [-0.2, -0.15) is 12.6 Å². The molecule has 102 valence electrons. The zero-order chi connectivity index (χ0) is 13.3. The zero-order valence-corrected chi connectivity index (χ0v) is 11.5. The van der Waals surface area contributed by atoms with E-state index >= 15 is 0 Å². The van der Waals surface area contributed by atoms with Crippen LogP contribution in [0.4, 0.5) is 0 Å². The van der Waals surface area contributed by atoms with Crippen molar-refractivity contribution >= 4 is 24.5 Å². The minimum absolute atomic E-state index is 0.0797. The van der Waals surface area contributed by atoms with Gasteiger partial charge in [-0.15, -0.1) is 0 Å². The van der Waals surface area contributed by atoms with Gasteiger partial charge in [0.2, 0.25) is 5.91 Å². The molecule has 0 saturated carbocycles. The smallest absolute Gasteiger partial charge is 0.327 e. The number of hydrogen-bond acceptors (Lipinski definition) is 4. The van der Waals surface area contributed by atoms with E-state index in [0.29, 0.717) is 24.9 Å². The Hall–Kier alpha value is -0.750. The van der Waals surface area contributed by atoms with Crippen LogP contribution in [0.25, 0.3) is 0 Å². The lowest BCUT2D eigenvalue weighted by atomic mass is 10.0. The lowest BCUT2D eigenvalue weighted by molar-refractivity contribution is -0.156. The molecule has 0 radical (unpaired) electrons. The number of carboxylic acid groups (broad SMARTS) is 1. The molecule has 5 nitrogen and oxygen atoms in total. The van der Waals surface area contributed by atoms with Crippen molar-refractivity contribution in [1.29, 1.82) is 0 Å². The number of carbonyl (C=O) groups is 2. The van der Waals surface area contributed by atoms with Crippen LogP contribution in [0, 0.1) is 5.92 Å². The Morgan fingerprint density at radius 1 is 1.44 bits per heavy atom. The lowest BCUT2D eigenvalue weighted by Crippen LogP contribution is -2.61. The molecule has 0 aromatic carbocycles. The fourth-order valence-corrected chi connectivity index (χ4v) is 2.99. The molecule has 2 aliphatic rings. The number of hydrogen-bond donors (Lipinski definition) is 2. The molecule has 0 aromatic heterocycles. The molecule has 2 saturated heterocycles. The van der Waals surface area contributed by atoms with E-state index in [0.717, 1.165) is 19.4 Å². The molecule has 3 atom stereocenters. The van der Waals surface area contributed by atoms with Gasteiger partial charge in [-0.1, -0.05) is 6.92 Å². The minimum Gasteiger partial charge on any atom is -0.480 e. The number of amides is 1. The second-order valence-corrected chi connectivity index (χ2v) is 5.58. The molecule has 0 aromatic rings. The molecular weight excluding hydrogens is 252 g/mol. The SMILES string of the molecule is CC(CS)C(=O)N1CC2CCCN2CC1C(=O)O. The lowest BCUT2D eigenvalue weighted by Gasteiger charge is -2.42. The Labute approximate surface area is 113 Å². The normalized spacial score (nSPS) is 30.0. The van der Waals surface area contributed by atoms with Gasteiger partial charge in [0.05, 0.1) is 0 Å². The summed E-state index contributed by atoms with van der Waals surface area (Å²) >= 11 is 4.13. The fraction of sp³-hybridized carbons (Fsp3) is 0.833. The van der Waals surface area contributed by atoms with Crippen molar-refractivity contribution in [2.45, 2.75) is 31.8 Å². The molecule has 2 fully saturated rings. The average molecular weight is 272 g/mol. The van der Waals surface area contributed by atoms with Crippen LogP contribution in [0.5, 0.6) is 0 Å². The van der Waals surface area contributed by atoms with E-state index in [-0.39, 0.29) is 11.8 Å².